The Labute approximate surface area is 115 Å². The first kappa shape index (κ1) is 14.8. The molecule has 0 bridgehead atoms. The Bertz CT molecular complexity index is 442. The van der Waals surface area contributed by atoms with E-state index in [1.807, 2.05) is 20.8 Å². The maximum atomic E-state index is 12.5. The number of alkyl halides is 3. The van der Waals surface area contributed by atoms with Crippen LogP contribution >= 0.6 is 11.3 Å². The van der Waals surface area contributed by atoms with Crippen LogP contribution in [-0.4, -0.2) is 17.2 Å². The van der Waals surface area contributed by atoms with Crippen LogP contribution in [0.4, 0.5) is 13.2 Å². The summed E-state index contributed by atoms with van der Waals surface area (Å²) in [4.78, 5) is 5.17. The number of hydrogen-bond acceptors (Lipinski definition) is 3. The molecule has 1 heterocycles. The van der Waals surface area contributed by atoms with Crippen molar-refractivity contribution in [2.24, 2.45) is 0 Å². The lowest BCUT2D eigenvalue weighted by atomic mass is 9.91. The van der Waals surface area contributed by atoms with Gasteiger partial charge in [0.15, 0.2) is 0 Å². The highest BCUT2D eigenvalue weighted by Crippen LogP contribution is 2.33. The largest absolute Gasteiger partial charge is 0.395 e. The minimum atomic E-state index is -4.19. The van der Waals surface area contributed by atoms with E-state index in [1.165, 1.54) is 24.2 Å². The Morgan fingerprint density at radius 2 is 1.89 bits per heavy atom. The molecule has 1 aliphatic carbocycles. The van der Waals surface area contributed by atoms with Crippen LogP contribution in [0.15, 0.2) is 0 Å². The van der Waals surface area contributed by atoms with Crippen molar-refractivity contribution in [3.8, 4) is 0 Å². The Morgan fingerprint density at radius 3 is 2.37 bits per heavy atom. The van der Waals surface area contributed by atoms with E-state index >= 15 is 0 Å². The van der Waals surface area contributed by atoms with Gasteiger partial charge in [-0.05, 0) is 12.8 Å². The van der Waals surface area contributed by atoms with Gasteiger partial charge in [0.25, 0.3) is 0 Å². The molecule has 1 aromatic heterocycles. The number of hydrogen-bond donors (Lipinski definition) is 1. The molecule has 1 aromatic rings. The Hall–Kier alpha value is -0.620. The molecule has 0 aromatic carbocycles. The van der Waals surface area contributed by atoms with Gasteiger partial charge in [0, 0.05) is 22.9 Å². The summed E-state index contributed by atoms with van der Waals surface area (Å²) in [6.07, 6.45) is -2.78. The lowest BCUT2D eigenvalue weighted by Gasteiger charge is -2.17. The van der Waals surface area contributed by atoms with Crippen molar-refractivity contribution in [3.63, 3.8) is 0 Å². The first-order valence-electron chi connectivity index (χ1n) is 6.44. The molecule has 6 heteroatoms. The third kappa shape index (κ3) is 4.45. The van der Waals surface area contributed by atoms with Gasteiger partial charge in [0.1, 0.15) is 5.01 Å². The van der Waals surface area contributed by atoms with E-state index in [-0.39, 0.29) is 10.4 Å². The van der Waals surface area contributed by atoms with Crippen LogP contribution in [0.5, 0.6) is 0 Å². The predicted octanol–water partition coefficient (Wildman–Crippen LogP) is 3.80. The summed E-state index contributed by atoms with van der Waals surface area (Å²) in [5.41, 5.74) is 0.575. The summed E-state index contributed by atoms with van der Waals surface area (Å²) in [7, 11) is 0. The van der Waals surface area contributed by atoms with E-state index in [4.69, 9.17) is 0 Å². The fourth-order valence-corrected chi connectivity index (χ4v) is 3.14. The van der Waals surface area contributed by atoms with Crippen LogP contribution in [0.2, 0.25) is 0 Å². The van der Waals surface area contributed by atoms with Crippen LogP contribution in [0, 0.1) is 0 Å². The van der Waals surface area contributed by atoms with Gasteiger partial charge in [-0.2, -0.15) is 13.2 Å². The minimum Gasteiger partial charge on any atom is -0.309 e. The standard InChI is InChI=1S/C13H19F3N2S/c1-12(2,3)11-9(7-17-8-4-5-8)19-10(18-11)6-13(14,15)16/h8,17H,4-7H2,1-3H3. The molecule has 2 rings (SSSR count). The van der Waals surface area contributed by atoms with E-state index in [0.717, 1.165) is 10.6 Å². The summed E-state index contributed by atoms with van der Waals surface area (Å²) in [6.45, 7) is 6.59. The predicted molar refractivity (Wildman–Crippen MR) is 70.4 cm³/mol. The van der Waals surface area contributed by atoms with E-state index in [2.05, 4.69) is 10.3 Å². The van der Waals surface area contributed by atoms with Gasteiger partial charge < -0.3 is 5.32 Å². The highest BCUT2D eigenvalue weighted by molar-refractivity contribution is 7.11. The van der Waals surface area contributed by atoms with Crippen LogP contribution in [-0.2, 0) is 18.4 Å². The normalized spacial score (nSPS) is 16.9. The molecule has 0 unspecified atom stereocenters. The van der Waals surface area contributed by atoms with E-state index in [1.54, 1.807) is 0 Å². The average Bonchev–Trinajstić information content (AvgIpc) is 2.94. The molecule has 2 nitrogen and oxygen atoms in total. The third-order valence-electron chi connectivity index (χ3n) is 2.93. The zero-order chi connectivity index (χ0) is 14.3. The summed E-state index contributed by atoms with van der Waals surface area (Å²) >= 11 is 1.19. The number of nitrogens with one attached hydrogen (secondary N) is 1. The molecule has 0 spiro atoms. The van der Waals surface area contributed by atoms with Gasteiger partial charge >= 0.3 is 6.18 Å². The van der Waals surface area contributed by atoms with Crippen LogP contribution < -0.4 is 5.32 Å². The summed E-state index contributed by atoms with van der Waals surface area (Å²) < 4.78 is 37.4. The topological polar surface area (TPSA) is 24.9 Å². The summed E-state index contributed by atoms with van der Waals surface area (Å²) in [6, 6.07) is 0.543. The van der Waals surface area contributed by atoms with Gasteiger partial charge in [-0.15, -0.1) is 11.3 Å². The van der Waals surface area contributed by atoms with Crippen molar-refractivity contribution in [3.05, 3.63) is 15.6 Å². The minimum absolute atomic E-state index is 0.171. The van der Waals surface area contributed by atoms with Crippen molar-refractivity contribution < 1.29 is 13.2 Å². The zero-order valence-electron chi connectivity index (χ0n) is 11.4. The highest BCUT2D eigenvalue weighted by Gasteiger charge is 2.32. The molecule has 0 saturated heterocycles. The molecule has 1 N–H and O–H groups in total. The quantitative estimate of drug-likeness (QED) is 0.913. The highest BCUT2D eigenvalue weighted by atomic mass is 32.1. The van der Waals surface area contributed by atoms with E-state index in [9.17, 15) is 13.2 Å². The van der Waals surface area contributed by atoms with E-state index < -0.39 is 12.6 Å². The van der Waals surface area contributed by atoms with E-state index in [0.29, 0.717) is 12.6 Å². The number of thiazole rings is 1. The molecule has 0 amide bonds. The first-order chi connectivity index (χ1) is 8.65. The van der Waals surface area contributed by atoms with Crippen molar-refractivity contribution in [2.45, 2.75) is 64.2 Å². The second-order valence-corrected chi connectivity index (χ2v) is 7.24. The van der Waals surface area contributed by atoms with Gasteiger partial charge in [-0.25, -0.2) is 4.98 Å². The molecule has 1 aliphatic rings. The molecule has 1 fully saturated rings. The van der Waals surface area contributed by atoms with Crippen molar-refractivity contribution in [1.29, 1.82) is 0 Å². The fourth-order valence-electron chi connectivity index (χ4n) is 1.88. The van der Waals surface area contributed by atoms with Crippen LogP contribution in [0.3, 0.4) is 0 Å². The number of nitrogens with zero attached hydrogens (tertiary/aromatic N) is 1. The average molecular weight is 292 g/mol. The monoisotopic (exact) mass is 292 g/mol. The number of aromatic nitrogens is 1. The molecule has 0 atom stereocenters. The second kappa shape index (κ2) is 5.05. The van der Waals surface area contributed by atoms with Crippen molar-refractivity contribution in [2.75, 3.05) is 0 Å². The van der Waals surface area contributed by atoms with Gasteiger partial charge in [0.2, 0.25) is 0 Å². The van der Waals surface area contributed by atoms with Gasteiger partial charge in [0.05, 0.1) is 12.1 Å². The molecule has 19 heavy (non-hydrogen) atoms. The molecule has 0 aliphatic heterocycles. The maximum Gasteiger partial charge on any atom is 0.395 e. The lowest BCUT2D eigenvalue weighted by Crippen LogP contribution is -2.20. The Balaban J connectivity index is 2.17. The fraction of sp³-hybridized carbons (Fsp3) is 0.769. The summed E-state index contributed by atoms with van der Waals surface area (Å²) in [5.74, 6) is 0. The van der Waals surface area contributed by atoms with Crippen LogP contribution in [0.25, 0.3) is 0 Å². The van der Waals surface area contributed by atoms with Crippen molar-refractivity contribution >= 4 is 11.3 Å². The second-order valence-electron chi connectivity index (χ2n) is 6.08. The van der Waals surface area contributed by atoms with Crippen molar-refractivity contribution in [1.82, 2.24) is 10.3 Å². The number of halogens is 3. The third-order valence-corrected chi connectivity index (χ3v) is 3.99. The van der Waals surface area contributed by atoms with Gasteiger partial charge in [-0.3, -0.25) is 0 Å². The SMILES string of the molecule is CC(C)(C)c1nc(CC(F)(F)F)sc1CNC1CC1. The van der Waals surface area contributed by atoms with Gasteiger partial charge in [-0.1, -0.05) is 20.8 Å². The smallest absolute Gasteiger partial charge is 0.309 e. The number of rotatable bonds is 4. The summed E-state index contributed by atoms with van der Waals surface area (Å²) in [5, 5.41) is 3.52. The Morgan fingerprint density at radius 1 is 1.26 bits per heavy atom. The van der Waals surface area contributed by atoms with Crippen LogP contribution in [0.1, 0.15) is 49.2 Å². The zero-order valence-corrected chi connectivity index (χ0v) is 12.2. The maximum absolute atomic E-state index is 12.5. The molecule has 108 valence electrons. The lowest BCUT2D eigenvalue weighted by molar-refractivity contribution is -0.127. The molecular weight excluding hydrogens is 273 g/mol. The first-order valence-corrected chi connectivity index (χ1v) is 7.26. The molecule has 0 radical (unpaired) electrons. The Kier molecular flexibility index (Phi) is 3.93. The molecule has 1 saturated carbocycles. The molecular formula is C13H19F3N2S.